The molecule has 6 heteroatoms. The summed E-state index contributed by atoms with van der Waals surface area (Å²) in [4.78, 5) is 19.3. The third-order valence-electron chi connectivity index (χ3n) is 5.04. The number of carbonyl (C=O) groups is 1. The fourth-order valence-corrected chi connectivity index (χ4v) is 3.58. The van der Waals surface area contributed by atoms with Crippen LogP contribution in [-0.2, 0) is 17.6 Å². The molecule has 1 aromatic heterocycles. The van der Waals surface area contributed by atoms with Gasteiger partial charge in [-0.15, -0.1) is 0 Å². The Kier molecular flexibility index (Phi) is 4.29. The van der Waals surface area contributed by atoms with Crippen LogP contribution in [0, 0.1) is 0 Å². The molecule has 1 aliphatic heterocycles. The van der Waals surface area contributed by atoms with Gasteiger partial charge in [0.2, 0.25) is 0 Å². The first-order valence-corrected chi connectivity index (χ1v) is 9.06. The van der Waals surface area contributed by atoms with Gasteiger partial charge in [-0.05, 0) is 42.5 Å². The summed E-state index contributed by atoms with van der Waals surface area (Å²) in [5.41, 5.74) is 3.49. The van der Waals surface area contributed by atoms with E-state index in [-0.39, 0.29) is 17.9 Å². The van der Waals surface area contributed by atoms with Crippen LogP contribution in [0.5, 0.6) is 0 Å². The van der Waals surface area contributed by atoms with E-state index < -0.39 is 0 Å². The quantitative estimate of drug-likeness (QED) is 0.932. The molecule has 2 aromatic rings. The first-order chi connectivity index (χ1) is 12.1. The van der Waals surface area contributed by atoms with E-state index >= 15 is 0 Å². The summed E-state index contributed by atoms with van der Waals surface area (Å²) in [6, 6.07) is 6.14. The highest BCUT2D eigenvalue weighted by Crippen LogP contribution is 2.25. The van der Waals surface area contributed by atoms with Gasteiger partial charge in [0.1, 0.15) is 6.10 Å². The highest BCUT2D eigenvalue weighted by Gasteiger charge is 2.29. The summed E-state index contributed by atoms with van der Waals surface area (Å²) in [5, 5.41) is 7.20. The zero-order valence-corrected chi connectivity index (χ0v) is 14.8. The van der Waals surface area contributed by atoms with Gasteiger partial charge < -0.3 is 9.64 Å². The van der Waals surface area contributed by atoms with Gasteiger partial charge in [0.05, 0.1) is 13.2 Å². The Balaban J connectivity index is 1.49. The Labute approximate surface area is 147 Å². The van der Waals surface area contributed by atoms with Crippen LogP contribution in [-0.4, -0.2) is 45.7 Å². The number of rotatable bonds is 3. The Bertz CT molecular complexity index is 783. The summed E-state index contributed by atoms with van der Waals surface area (Å²) in [5.74, 6) is 1.82. The monoisotopic (exact) mass is 340 g/mol. The molecule has 0 saturated carbocycles. The lowest BCUT2D eigenvalue weighted by atomic mass is 10.1. The average Bonchev–Trinajstić information content (AvgIpc) is 3.30. The van der Waals surface area contributed by atoms with Gasteiger partial charge in [-0.25, -0.2) is 4.98 Å². The molecule has 132 valence electrons. The summed E-state index contributed by atoms with van der Waals surface area (Å²) in [6.45, 7) is 5.73. The topological polar surface area (TPSA) is 71.1 Å². The third-order valence-corrected chi connectivity index (χ3v) is 5.04. The Hall–Kier alpha value is -2.21. The standard InChI is InChI=1S/C19H24N4O2/c1-12(2)17-20-18(22-21-17)16-11-23(8-9-25-16)19(24)15-7-6-13-4-3-5-14(13)10-15/h6-7,10,12,16H,3-5,8-9,11H2,1-2H3,(H,20,21,22)/t16-/m0/s1. The number of nitrogens with zero attached hydrogens (tertiary/aromatic N) is 3. The Morgan fingerprint density at radius 1 is 1.32 bits per heavy atom. The van der Waals surface area contributed by atoms with Gasteiger partial charge in [-0.2, -0.15) is 5.10 Å². The van der Waals surface area contributed by atoms with Gasteiger partial charge in [0.25, 0.3) is 5.91 Å². The van der Waals surface area contributed by atoms with Crippen LogP contribution in [0.3, 0.4) is 0 Å². The number of hydrogen-bond donors (Lipinski definition) is 1. The van der Waals surface area contributed by atoms with Gasteiger partial charge >= 0.3 is 0 Å². The van der Waals surface area contributed by atoms with E-state index in [9.17, 15) is 4.79 Å². The molecule has 1 atom stereocenters. The summed E-state index contributed by atoms with van der Waals surface area (Å²) >= 11 is 0. The molecule has 25 heavy (non-hydrogen) atoms. The lowest BCUT2D eigenvalue weighted by Crippen LogP contribution is -2.42. The zero-order valence-electron chi connectivity index (χ0n) is 14.8. The molecule has 1 amide bonds. The normalized spacial score (nSPS) is 20.1. The van der Waals surface area contributed by atoms with Crippen molar-refractivity contribution in [2.75, 3.05) is 19.7 Å². The highest BCUT2D eigenvalue weighted by molar-refractivity contribution is 5.94. The third kappa shape index (κ3) is 3.18. The van der Waals surface area contributed by atoms with Gasteiger partial charge in [0.15, 0.2) is 11.6 Å². The molecule has 0 radical (unpaired) electrons. The molecule has 1 N–H and O–H groups in total. The van der Waals surface area contributed by atoms with Gasteiger partial charge in [-0.3, -0.25) is 9.89 Å². The van der Waals surface area contributed by atoms with Gasteiger partial charge in [0, 0.05) is 18.0 Å². The SMILES string of the molecule is CC(C)c1n[nH]c([C@@H]2CN(C(=O)c3ccc4c(c3)CCC4)CCO2)n1. The molecule has 1 aliphatic carbocycles. The maximum Gasteiger partial charge on any atom is 0.254 e. The van der Waals surface area contributed by atoms with E-state index in [2.05, 4.69) is 41.2 Å². The highest BCUT2D eigenvalue weighted by atomic mass is 16.5. The van der Waals surface area contributed by atoms with Crippen molar-refractivity contribution >= 4 is 5.91 Å². The number of nitrogens with one attached hydrogen (secondary N) is 1. The second kappa shape index (κ2) is 6.59. The number of morpholine rings is 1. The second-order valence-electron chi connectivity index (χ2n) is 7.18. The van der Waals surface area contributed by atoms with Crippen LogP contribution >= 0.6 is 0 Å². The molecule has 0 spiro atoms. The van der Waals surface area contributed by atoms with Crippen molar-refractivity contribution in [1.82, 2.24) is 20.1 Å². The number of ether oxygens (including phenoxy) is 1. The predicted octanol–water partition coefficient (Wildman–Crippen LogP) is 2.63. The molecule has 1 aromatic carbocycles. The molecule has 0 bridgehead atoms. The van der Waals surface area contributed by atoms with Crippen LogP contribution in [0.1, 0.15) is 65.4 Å². The van der Waals surface area contributed by atoms with E-state index in [0.717, 1.165) is 24.2 Å². The smallest absolute Gasteiger partial charge is 0.254 e. The molecule has 1 saturated heterocycles. The van der Waals surface area contributed by atoms with Crippen LogP contribution in [0.2, 0.25) is 0 Å². The van der Waals surface area contributed by atoms with E-state index in [0.29, 0.717) is 25.5 Å². The van der Waals surface area contributed by atoms with Crippen LogP contribution < -0.4 is 0 Å². The minimum Gasteiger partial charge on any atom is -0.367 e. The van der Waals surface area contributed by atoms with Crippen molar-refractivity contribution in [3.8, 4) is 0 Å². The van der Waals surface area contributed by atoms with Crippen molar-refractivity contribution in [3.05, 3.63) is 46.5 Å². The summed E-state index contributed by atoms with van der Waals surface area (Å²) in [6.07, 6.45) is 3.16. The molecule has 2 aliphatic rings. The largest absolute Gasteiger partial charge is 0.367 e. The number of aryl methyl sites for hydroxylation is 2. The van der Waals surface area contributed by atoms with Crippen LogP contribution in [0.15, 0.2) is 18.2 Å². The predicted molar refractivity (Wildman–Crippen MR) is 93.5 cm³/mol. The van der Waals surface area contributed by atoms with Crippen LogP contribution in [0.25, 0.3) is 0 Å². The molecule has 1 fully saturated rings. The first-order valence-electron chi connectivity index (χ1n) is 9.06. The summed E-state index contributed by atoms with van der Waals surface area (Å²) < 4.78 is 5.82. The number of fused-ring (bicyclic) bond motifs is 1. The van der Waals surface area contributed by atoms with Crippen molar-refractivity contribution in [1.29, 1.82) is 0 Å². The lowest BCUT2D eigenvalue weighted by molar-refractivity contribution is -0.0266. The second-order valence-corrected chi connectivity index (χ2v) is 7.18. The Morgan fingerprint density at radius 3 is 2.96 bits per heavy atom. The number of aromatic nitrogens is 3. The van der Waals surface area contributed by atoms with E-state index in [1.165, 1.54) is 17.5 Å². The van der Waals surface area contributed by atoms with Crippen molar-refractivity contribution in [2.24, 2.45) is 0 Å². The number of hydrogen-bond acceptors (Lipinski definition) is 4. The fourth-order valence-electron chi connectivity index (χ4n) is 3.58. The number of carbonyl (C=O) groups excluding carboxylic acids is 1. The van der Waals surface area contributed by atoms with Crippen molar-refractivity contribution < 1.29 is 9.53 Å². The number of benzene rings is 1. The van der Waals surface area contributed by atoms with Crippen molar-refractivity contribution in [3.63, 3.8) is 0 Å². The molecular formula is C19H24N4O2. The Morgan fingerprint density at radius 2 is 2.16 bits per heavy atom. The number of aromatic amines is 1. The van der Waals surface area contributed by atoms with Crippen LogP contribution in [0.4, 0.5) is 0 Å². The number of H-pyrrole nitrogens is 1. The molecule has 4 rings (SSSR count). The molecule has 0 unspecified atom stereocenters. The fraction of sp³-hybridized carbons (Fsp3) is 0.526. The molecule has 2 heterocycles. The van der Waals surface area contributed by atoms with Gasteiger partial charge in [-0.1, -0.05) is 19.9 Å². The first kappa shape index (κ1) is 16.3. The zero-order chi connectivity index (χ0) is 17.4. The minimum absolute atomic E-state index is 0.0756. The average molecular weight is 340 g/mol. The van der Waals surface area contributed by atoms with E-state index in [1.54, 1.807) is 0 Å². The lowest BCUT2D eigenvalue weighted by Gasteiger charge is -2.32. The molecule has 6 nitrogen and oxygen atoms in total. The van der Waals surface area contributed by atoms with E-state index in [1.807, 2.05) is 11.0 Å². The van der Waals surface area contributed by atoms with Crippen molar-refractivity contribution in [2.45, 2.75) is 45.1 Å². The maximum atomic E-state index is 12.9. The van der Waals surface area contributed by atoms with E-state index in [4.69, 9.17) is 4.74 Å². The molecular weight excluding hydrogens is 316 g/mol. The minimum atomic E-state index is -0.243. The summed E-state index contributed by atoms with van der Waals surface area (Å²) in [7, 11) is 0. The maximum absolute atomic E-state index is 12.9. The number of amides is 1.